The van der Waals surface area contributed by atoms with Crippen molar-refractivity contribution in [3.63, 3.8) is 0 Å². The maximum absolute atomic E-state index is 11.4. The molecule has 0 radical (unpaired) electrons. The van der Waals surface area contributed by atoms with E-state index in [4.69, 9.17) is 75.8 Å². The van der Waals surface area contributed by atoms with Gasteiger partial charge in [-0.05, 0) is 0 Å². The van der Waals surface area contributed by atoms with Gasteiger partial charge in [0, 0.05) is 0 Å². The molecule has 88 heavy (non-hydrogen) atoms. The van der Waals surface area contributed by atoms with Gasteiger partial charge in [-0.3, -0.25) is 0 Å². The molecule has 40 heteroatoms. The standard InChI is InChI=1S/C48H80O40/c49-1-9-33-17(57)25(65)41(73-9)82-34-10(2-50)75-43(27(67)19(34)59)84-36-12(4-52)77-45(29(69)21(36)61)86-38-14(6-54)79-47(31(71)23(38)63)88-40-16(8-56)80-48(32(72)24(40)64)87-39-15(7-55)78-46(30(70)22(39)62)85-37-13(5-53)76-44(28(68)20(37)60)83-35-11(3-51)74-42(81-33)26(66)18(35)58/h9-72H,1-8H2/t9-,10-,11-,12-,13-,14-,15-,16-,17-,18-,19-,20-,21-,22-,23-,24-,25-,26-,27-,28-,29-,30-,31-,32-,33-,34-,35-,36-,37-,38-,39-,40-,41?,42?,43?,44?,45?,46?,47?,48?/m1/s1. The lowest BCUT2D eigenvalue weighted by Crippen LogP contribution is -2.69. The summed E-state index contributed by atoms with van der Waals surface area (Å²) in [5, 5.41) is 265. The van der Waals surface area contributed by atoms with Gasteiger partial charge < -0.3 is 198 Å². The zero-order chi connectivity index (χ0) is 64.1. The van der Waals surface area contributed by atoms with E-state index in [1.54, 1.807) is 0 Å². The summed E-state index contributed by atoms with van der Waals surface area (Å²) in [6.45, 7) is -8.64. The van der Waals surface area contributed by atoms with Crippen molar-refractivity contribution in [3.8, 4) is 0 Å². The Bertz CT molecular complexity index is 1700. The maximum Gasteiger partial charge on any atom is 0.187 e. The summed E-state index contributed by atoms with van der Waals surface area (Å²) in [7, 11) is 0. The van der Waals surface area contributed by atoms with Crippen LogP contribution in [0.5, 0.6) is 0 Å². The molecule has 30 saturated heterocycles. The van der Waals surface area contributed by atoms with Crippen LogP contribution in [0.15, 0.2) is 0 Å². The van der Waals surface area contributed by atoms with Crippen LogP contribution < -0.4 is 0 Å². The highest BCUT2D eigenvalue weighted by atomic mass is 16.8. The molecule has 30 heterocycles. The molecule has 40 nitrogen and oxygen atoms in total. The summed E-state index contributed by atoms with van der Waals surface area (Å²) in [5.41, 5.74) is 0. The Balaban J connectivity index is 0.975. The van der Waals surface area contributed by atoms with Crippen LogP contribution in [-0.2, 0) is 75.8 Å². The van der Waals surface area contributed by atoms with Gasteiger partial charge >= 0.3 is 0 Å². The van der Waals surface area contributed by atoms with Crippen molar-refractivity contribution < 1.29 is 198 Å². The van der Waals surface area contributed by atoms with Crippen LogP contribution in [0.2, 0.25) is 0 Å². The molecule has 30 aliphatic rings. The van der Waals surface area contributed by atoms with E-state index < -0.39 is 299 Å². The van der Waals surface area contributed by atoms with Gasteiger partial charge in [-0.15, -0.1) is 0 Å². The third-order valence-corrected chi connectivity index (χ3v) is 16.9. The Morgan fingerprint density at radius 3 is 0.307 bits per heavy atom. The van der Waals surface area contributed by atoms with E-state index >= 15 is 0 Å². The van der Waals surface area contributed by atoms with E-state index in [2.05, 4.69) is 0 Å². The molecule has 0 spiro atoms. The lowest BCUT2D eigenvalue weighted by atomic mass is 9.94. The van der Waals surface area contributed by atoms with Crippen molar-refractivity contribution in [2.75, 3.05) is 52.9 Å². The molecule has 30 fully saturated rings. The summed E-state index contributed by atoms with van der Waals surface area (Å²) in [4.78, 5) is 0. The molecule has 0 saturated carbocycles. The summed E-state index contributed by atoms with van der Waals surface area (Å²) in [6.07, 6.45) is -82.0. The molecule has 30 rings (SSSR count). The average Bonchev–Trinajstić information content (AvgIpc) is 1.09. The van der Waals surface area contributed by atoms with Crippen molar-refractivity contribution in [1.29, 1.82) is 0 Å². The third-order valence-electron chi connectivity index (χ3n) is 16.9. The fourth-order valence-corrected chi connectivity index (χ4v) is 11.9. The zero-order valence-corrected chi connectivity index (χ0v) is 46.0. The fraction of sp³-hybridized carbons (Fsp3) is 1.00. The lowest BCUT2D eigenvalue weighted by molar-refractivity contribution is -0.404. The van der Waals surface area contributed by atoms with E-state index in [9.17, 15) is 123 Å². The largest absolute Gasteiger partial charge is 0.394 e. The number of aliphatic hydroxyl groups excluding tert-OH is 24. The molecular weight excluding hydrogens is 1220 g/mol. The first kappa shape index (κ1) is 70.7. The molecule has 30 aliphatic heterocycles. The van der Waals surface area contributed by atoms with E-state index in [1.807, 2.05) is 0 Å². The Kier molecular flexibility index (Phi) is 24.1. The molecular formula is C48H80O40. The topological polar surface area (TPSA) is 633 Å². The zero-order valence-electron chi connectivity index (χ0n) is 46.0. The van der Waals surface area contributed by atoms with Gasteiger partial charge in [-0.1, -0.05) is 0 Å². The number of ether oxygens (including phenoxy) is 16. The van der Waals surface area contributed by atoms with Gasteiger partial charge in [-0.2, -0.15) is 0 Å². The second kappa shape index (κ2) is 30.0. The monoisotopic (exact) mass is 1300 g/mol. The van der Waals surface area contributed by atoms with Gasteiger partial charge in [0.05, 0.1) is 52.9 Å². The molecule has 0 aliphatic carbocycles. The smallest absolute Gasteiger partial charge is 0.187 e. The highest BCUT2D eigenvalue weighted by Gasteiger charge is 2.60. The van der Waals surface area contributed by atoms with E-state index in [0.717, 1.165) is 0 Å². The Labute approximate surface area is 496 Å². The van der Waals surface area contributed by atoms with Crippen LogP contribution in [0, 0.1) is 0 Å². The minimum absolute atomic E-state index is 1.08. The van der Waals surface area contributed by atoms with Gasteiger partial charge in [0.2, 0.25) is 0 Å². The third kappa shape index (κ3) is 13.8. The maximum atomic E-state index is 11.4. The first-order chi connectivity index (χ1) is 41.9. The molecule has 24 N–H and O–H groups in total. The predicted octanol–water partition coefficient (Wildman–Crippen LogP) is -17.4. The molecule has 0 aromatic rings. The minimum Gasteiger partial charge on any atom is -0.394 e. The van der Waals surface area contributed by atoms with E-state index in [0.29, 0.717) is 0 Å². The van der Waals surface area contributed by atoms with Crippen molar-refractivity contribution in [2.45, 2.75) is 246 Å². The Morgan fingerprint density at radius 2 is 0.227 bits per heavy atom. The van der Waals surface area contributed by atoms with Crippen molar-refractivity contribution in [1.82, 2.24) is 0 Å². The lowest BCUT2D eigenvalue weighted by Gasteiger charge is -2.50. The molecule has 0 aromatic heterocycles. The summed E-state index contributed by atoms with van der Waals surface area (Å²) < 4.78 is 91.1. The van der Waals surface area contributed by atoms with Crippen molar-refractivity contribution in [2.24, 2.45) is 0 Å². The number of hydrogen-bond donors (Lipinski definition) is 24. The second-order valence-corrected chi connectivity index (χ2v) is 22.5. The molecule has 40 atom stereocenters. The van der Waals surface area contributed by atoms with E-state index in [-0.39, 0.29) is 0 Å². The number of hydrogen-bond acceptors (Lipinski definition) is 40. The SMILES string of the molecule is OC[C@H]1OC2O[C@H]3[C@H](O)[C@@H](O)C(O[C@H]4[C@H](O)[C@@H](O)C(O[C@H]5[C@H](O)[C@@H](O)C(O[C@H]6[C@H](O)[C@@H](O)C(O[C@H]7[C@H](O)[C@@H](O)C(O[C@H]8[C@H](O)[C@@H](O)C(O[C@H]9[C@H](O)[C@@H](O)C(O[C@H]1[C@H](O)[C@H]2O)O[C@@H]9CO)O[C@@H]8CO)O[C@@H]7CO)O[C@@H]6CO)O[C@@H]5CO)O[C@@H]4CO)O[C@@H]3CO. The second-order valence-electron chi connectivity index (χ2n) is 22.5. The Hall–Kier alpha value is -1.60. The summed E-state index contributed by atoms with van der Waals surface area (Å²) in [6, 6.07) is 0. The highest BCUT2D eigenvalue weighted by Crippen LogP contribution is 2.40. The molecule has 0 aromatic carbocycles. The number of aliphatic hydroxyl groups is 24. The van der Waals surface area contributed by atoms with Crippen LogP contribution in [-0.4, -0.2) is 421 Å². The molecule has 0 amide bonds. The quantitative estimate of drug-likeness (QED) is 0.107. The predicted molar refractivity (Wildman–Crippen MR) is 261 cm³/mol. The summed E-state index contributed by atoms with van der Waals surface area (Å²) in [5.74, 6) is 0. The first-order valence-corrected chi connectivity index (χ1v) is 28.1. The van der Waals surface area contributed by atoms with Crippen LogP contribution >= 0.6 is 0 Å². The van der Waals surface area contributed by atoms with Gasteiger partial charge in [-0.25, -0.2) is 0 Å². The van der Waals surface area contributed by atoms with Gasteiger partial charge in [0.15, 0.2) is 50.3 Å². The molecule has 16 bridgehead atoms. The molecule has 8 unspecified atom stereocenters. The van der Waals surface area contributed by atoms with Crippen LogP contribution in [0.3, 0.4) is 0 Å². The minimum atomic E-state index is -2.25. The van der Waals surface area contributed by atoms with Crippen molar-refractivity contribution in [3.05, 3.63) is 0 Å². The first-order valence-electron chi connectivity index (χ1n) is 28.1. The summed E-state index contributed by atoms with van der Waals surface area (Å²) >= 11 is 0. The number of rotatable bonds is 8. The van der Waals surface area contributed by atoms with Crippen LogP contribution in [0.1, 0.15) is 0 Å². The van der Waals surface area contributed by atoms with Gasteiger partial charge in [0.25, 0.3) is 0 Å². The van der Waals surface area contributed by atoms with Crippen LogP contribution in [0.4, 0.5) is 0 Å². The fourth-order valence-electron chi connectivity index (χ4n) is 11.9. The van der Waals surface area contributed by atoms with Crippen molar-refractivity contribution >= 4 is 0 Å². The highest BCUT2D eigenvalue weighted by molar-refractivity contribution is 5.02. The Morgan fingerprint density at radius 1 is 0.136 bits per heavy atom. The average molecular weight is 1300 g/mol. The van der Waals surface area contributed by atoms with Crippen LogP contribution in [0.25, 0.3) is 0 Å². The van der Waals surface area contributed by atoms with Gasteiger partial charge in [0.1, 0.15) is 195 Å². The molecule has 512 valence electrons. The normalized spacial score (nSPS) is 55.4. The van der Waals surface area contributed by atoms with E-state index in [1.165, 1.54) is 0 Å².